The first kappa shape index (κ1) is 25.2. The molecule has 0 aliphatic rings. The summed E-state index contributed by atoms with van der Waals surface area (Å²) in [6.07, 6.45) is 3.48. The first-order valence-electron chi connectivity index (χ1n) is 9.70. The van der Waals surface area contributed by atoms with Crippen molar-refractivity contribution >= 4 is 23.4 Å². The van der Waals surface area contributed by atoms with E-state index in [1.165, 1.54) is 0 Å². The van der Waals surface area contributed by atoms with Crippen molar-refractivity contribution < 1.29 is 23.8 Å². The SMILES string of the molecule is CCC(C)(CC)N=C(C)CCC(=O)OCCOCCOC(=O)CCC(C)=N. The molecule has 0 bridgehead atoms. The van der Waals surface area contributed by atoms with Gasteiger partial charge >= 0.3 is 11.9 Å². The largest absolute Gasteiger partial charge is 0.463 e. The number of hydrogen-bond acceptors (Lipinski definition) is 7. The summed E-state index contributed by atoms with van der Waals surface area (Å²) < 4.78 is 15.3. The van der Waals surface area contributed by atoms with Crippen LogP contribution in [0.3, 0.4) is 0 Å². The molecule has 0 saturated heterocycles. The van der Waals surface area contributed by atoms with Crippen molar-refractivity contribution in [3.8, 4) is 0 Å². The molecule has 7 heteroatoms. The zero-order valence-corrected chi connectivity index (χ0v) is 17.6. The summed E-state index contributed by atoms with van der Waals surface area (Å²) in [6, 6.07) is 0. The van der Waals surface area contributed by atoms with Gasteiger partial charge in [-0.25, -0.2) is 0 Å². The van der Waals surface area contributed by atoms with Crippen LogP contribution in [-0.4, -0.2) is 55.3 Å². The molecule has 0 unspecified atom stereocenters. The van der Waals surface area contributed by atoms with Crippen LogP contribution in [0.1, 0.15) is 73.1 Å². The van der Waals surface area contributed by atoms with Crippen molar-refractivity contribution in [2.45, 2.75) is 78.7 Å². The molecule has 0 fully saturated rings. The van der Waals surface area contributed by atoms with Gasteiger partial charge in [0.15, 0.2) is 0 Å². The Morgan fingerprint density at radius 1 is 0.852 bits per heavy atom. The molecule has 0 spiro atoms. The number of carbonyl (C=O) groups excluding carboxylic acids is 2. The van der Waals surface area contributed by atoms with Crippen LogP contribution in [0.4, 0.5) is 0 Å². The minimum absolute atomic E-state index is 0.0520. The summed E-state index contributed by atoms with van der Waals surface area (Å²) in [4.78, 5) is 27.8. The molecule has 0 radical (unpaired) electrons. The van der Waals surface area contributed by atoms with E-state index in [1.54, 1.807) is 6.92 Å². The molecule has 0 aromatic rings. The van der Waals surface area contributed by atoms with Crippen LogP contribution in [0.2, 0.25) is 0 Å². The minimum Gasteiger partial charge on any atom is -0.463 e. The van der Waals surface area contributed by atoms with Gasteiger partial charge in [-0.15, -0.1) is 0 Å². The predicted molar refractivity (Wildman–Crippen MR) is 107 cm³/mol. The number of nitrogens with one attached hydrogen (secondary N) is 1. The lowest BCUT2D eigenvalue weighted by atomic mass is 9.96. The Bertz CT molecular complexity index is 499. The van der Waals surface area contributed by atoms with Crippen molar-refractivity contribution in [1.29, 1.82) is 5.41 Å². The second-order valence-electron chi connectivity index (χ2n) is 6.88. The maximum absolute atomic E-state index is 11.7. The third-order valence-corrected chi connectivity index (χ3v) is 4.36. The van der Waals surface area contributed by atoms with Crippen molar-refractivity contribution in [1.82, 2.24) is 0 Å². The summed E-state index contributed by atoms with van der Waals surface area (Å²) in [5.41, 5.74) is 1.37. The van der Waals surface area contributed by atoms with Gasteiger partial charge in [0.25, 0.3) is 0 Å². The van der Waals surface area contributed by atoms with Crippen LogP contribution >= 0.6 is 0 Å². The molecule has 27 heavy (non-hydrogen) atoms. The van der Waals surface area contributed by atoms with E-state index >= 15 is 0 Å². The molecule has 0 aliphatic heterocycles. The van der Waals surface area contributed by atoms with E-state index in [-0.39, 0.29) is 50.3 Å². The molecule has 1 N–H and O–H groups in total. The molecule has 0 aromatic carbocycles. The zero-order valence-electron chi connectivity index (χ0n) is 17.6. The number of esters is 2. The summed E-state index contributed by atoms with van der Waals surface area (Å²) in [5.74, 6) is -0.604. The molecule has 0 aromatic heterocycles. The van der Waals surface area contributed by atoms with Gasteiger partial charge in [0.1, 0.15) is 13.2 Å². The van der Waals surface area contributed by atoms with Crippen LogP contribution in [0.5, 0.6) is 0 Å². The lowest BCUT2D eigenvalue weighted by Gasteiger charge is -2.22. The first-order valence-corrected chi connectivity index (χ1v) is 9.70. The topological polar surface area (TPSA) is 98.0 Å². The quantitative estimate of drug-likeness (QED) is 0.263. The lowest BCUT2D eigenvalue weighted by molar-refractivity contribution is -0.146. The zero-order chi connectivity index (χ0) is 20.7. The van der Waals surface area contributed by atoms with Crippen LogP contribution in [-0.2, 0) is 23.8 Å². The monoisotopic (exact) mass is 384 g/mol. The summed E-state index contributed by atoms with van der Waals surface area (Å²) >= 11 is 0. The van der Waals surface area contributed by atoms with Crippen molar-refractivity contribution in [2.75, 3.05) is 26.4 Å². The Morgan fingerprint density at radius 3 is 1.78 bits per heavy atom. The fourth-order valence-electron chi connectivity index (χ4n) is 2.17. The van der Waals surface area contributed by atoms with Crippen LogP contribution in [0.25, 0.3) is 0 Å². The van der Waals surface area contributed by atoms with Gasteiger partial charge in [0, 0.05) is 11.4 Å². The van der Waals surface area contributed by atoms with Crippen LogP contribution in [0.15, 0.2) is 4.99 Å². The van der Waals surface area contributed by atoms with Gasteiger partial charge in [0.2, 0.25) is 0 Å². The third kappa shape index (κ3) is 14.0. The third-order valence-electron chi connectivity index (χ3n) is 4.36. The van der Waals surface area contributed by atoms with E-state index in [2.05, 4.69) is 20.8 Å². The second kappa shape index (κ2) is 14.3. The molecule has 0 aliphatic carbocycles. The maximum atomic E-state index is 11.7. The number of ether oxygens (including phenoxy) is 3. The molecule has 156 valence electrons. The second-order valence-corrected chi connectivity index (χ2v) is 6.88. The Labute approximate surface area is 163 Å². The average Bonchev–Trinajstić information content (AvgIpc) is 2.63. The predicted octanol–water partition coefficient (Wildman–Crippen LogP) is 3.73. The van der Waals surface area contributed by atoms with E-state index in [4.69, 9.17) is 24.6 Å². The van der Waals surface area contributed by atoms with Crippen LogP contribution < -0.4 is 0 Å². The van der Waals surface area contributed by atoms with Gasteiger partial charge < -0.3 is 19.6 Å². The highest BCUT2D eigenvalue weighted by atomic mass is 16.6. The Balaban J connectivity index is 3.74. The fourth-order valence-corrected chi connectivity index (χ4v) is 2.17. The molecule has 0 atom stereocenters. The van der Waals surface area contributed by atoms with Crippen molar-refractivity contribution in [3.63, 3.8) is 0 Å². The minimum atomic E-state index is -0.337. The Kier molecular flexibility index (Phi) is 13.4. The molecule has 0 amide bonds. The molecule has 7 nitrogen and oxygen atoms in total. The van der Waals surface area contributed by atoms with E-state index in [0.717, 1.165) is 18.6 Å². The Hall–Kier alpha value is -1.76. The van der Waals surface area contributed by atoms with Gasteiger partial charge in [-0.2, -0.15) is 0 Å². The Morgan fingerprint density at radius 2 is 1.33 bits per heavy atom. The van der Waals surface area contributed by atoms with Crippen molar-refractivity contribution in [3.05, 3.63) is 0 Å². The van der Waals surface area contributed by atoms with Gasteiger partial charge in [0.05, 0.1) is 31.6 Å². The van der Waals surface area contributed by atoms with Crippen molar-refractivity contribution in [2.24, 2.45) is 4.99 Å². The average molecular weight is 385 g/mol. The fraction of sp³-hybridized carbons (Fsp3) is 0.800. The molecule has 0 rings (SSSR count). The molecule has 0 saturated carbocycles. The maximum Gasteiger partial charge on any atom is 0.306 e. The summed E-state index contributed by atoms with van der Waals surface area (Å²) in [5, 5.41) is 7.24. The highest BCUT2D eigenvalue weighted by Gasteiger charge is 2.18. The number of rotatable bonds is 15. The smallest absolute Gasteiger partial charge is 0.306 e. The molecular formula is C20H36N2O5. The lowest BCUT2D eigenvalue weighted by Crippen LogP contribution is -2.21. The molecule has 0 heterocycles. The standard InChI is InChI=1S/C20H36N2O5/c1-6-20(5,7-2)22-17(4)9-11-19(24)27-15-13-25-12-14-26-18(23)10-8-16(3)21/h21H,6-15H2,1-5H3. The first-order chi connectivity index (χ1) is 12.7. The van der Waals surface area contributed by atoms with Gasteiger partial charge in [-0.3, -0.25) is 14.6 Å². The molecular weight excluding hydrogens is 348 g/mol. The summed E-state index contributed by atoms with van der Waals surface area (Å²) in [7, 11) is 0. The van der Waals surface area contributed by atoms with E-state index in [1.807, 2.05) is 6.92 Å². The summed E-state index contributed by atoms with van der Waals surface area (Å²) in [6.45, 7) is 10.8. The normalized spacial score (nSPS) is 12.0. The van der Waals surface area contributed by atoms with E-state index in [0.29, 0.717) is 25.0 Å². The highest BCUT2D eigenvalue weighted by molar-refractivity contribution is 5.85. The number of nitrogens with zero attached hydrogens (tertiary/aromatic N) is 1. The van der Waals surface area contributed by atoms with E-state index in [9.17, 15) is 9.59 Å². The number of carbonyl (C=O) groups is 2. The van der Waals surface area contributed by atoms with Gasteiger partial charge in [-0.1, -0.05) is 13.8 Å². The van der Waals surface area contributed by atoms with Gasteiger partial charge in [-0.05, 0) is 46.5 Å². The highest BCUT2D eigenvalue weighted by Crippen LogP contribution is 2.20. The van der Waals surface area contributed by atoms with E-state index < -0.39 is 0 Å². The number of hydrogen-bond donors (Lipinski definition) is 1. The number of aliphatic imine (C=N–C) groups is 1. The van der Waals surface area contributed by atoms with Crippen LogP contribution in [0, 0.1) is 5.41 Å².